The molecule has 0 saturated carbocycles. The minimum atomic E-state index is -0.645. The molecule has 0 bridgehead atoms. The number of amides is 1. The van der Waals surface area contributed by atoms with Gasteiger partial charge in [-0.3, -0.25) is 4.79 Å². The molecule has 7 nitrogen and oxygen atoms in total. The summed E-state index contributed by atoms with van der Waals surface area (Å²) in [5, 5.41) is 4.61. The number of halogens is 2. The highest BCUT2D eigenvalue weighted by Crippen LogP contribution is 2.30. The summed E-state index contributed by atoms with van der Waals surface area (Å²) in [6.07, 6.45) is 3.49. The fourth-order valence-electron chi connectivity index (χ4n) is 3.03. The van der Waals surface area contributed by atoms with E-state index in [1.807, 2.05) is 6.92 Å². The Morgan fingerprint density at radius 1 is 0.944 bits per heavy atom. The van der Waals surface area contributed by atoms with Gasteiger partial charge in [0.05, 0.1) is 30.0 Å². The Labute approximate surface area is 220 Å². The molecule has 0 heterocycles. The Bertz CT molecular complexity index is 1230. The van der Waals surface area contributed by atoms with Gasteiger partial charge in [0.2, 0.25) is 0 Å². The number of rotatable bonds is 11. The van der Waals surface area contributed by atoms with Gasteiger partial charge in [-0.05, 0) is 79.6 Å². The van der Waals surface area contributed by atoms with Gasteiger partial charge in [0.1, 0.15) is 5.75 Å². The molecule has 3 aromatic rings. The molecular formula is C27H26Cl2N2O5. The van der Waals surface area contributed by atoms with E-state index in [0.717, 1.165) is 12.8 Å². The standard InChI is InChI=1S/C27H26Cl2N2O5/c1-3-5-14-35-21-10-7-19(8-11-21)26(32)31-30-17-18-6-13-24(25(15-18)34-4-2)36-27(33)22-12-9-20(28)16-23(22)29/h6-13,15-17H,3-5,14H2,1-2H3,(H,31,32)/b30-17+. The molecule has 0 fully saturated rings. The Morgan fingerprint density at radius 3 is 2.42 bits per heavy atom. The number of hydrazone groups is 1. The summed E-state index contributed by atoms with van der Waals surface area (Å²) in [6, 6.07) is 16.3. The van der Waals surface area contributed by atoms with Crippen LogP contribution in [0.25, 0.3) is 0 Å². The third kappa shape index (κ3) is 7.73. The smallest absolute Gasteiger partial charge is 0.345 e. The molecule has 0 atom stereocenters. The number of carbonyl (C=O) groups is 2. The first-order valence-electron chi connectivity index (χ1n) is 11.4. The molecule has 0 aromatic heterocycles. The zero-order chi connectivity index (χ0) is 25.9. The van der Waals surface area contributed by atoms with Crippen molar-refractivity contribution in [1.29, 1.82) is 0 Å². The lowest BCUT2D eigenvalue weighted by atomic mass is 10.2. The molecule has 1 N–H and O–H groups in total. The molecule has 0 unspecified atom stereocenters. The predicted molar refractivity (Wildman–Crippen MR) is 141 cm³/mol. The molecular weight excluding hydrogens is 503 g/mol. The number of hydrogen-bond donors (Lipinski definition) is 1. The van der Waals surface area contributed by atoms with Crippen molar-refractivity contribution in [3.8, 4) is 17.2 Å². The summed E-state index contributed by atoms with van der Waals surface area (Å²) in [5.74, 6) is 0.265. The fourth-order valence-corrected chi connectivity index (χ4v) is 3.52. The van der Waals surface area contributed by atoms with Gasteiger partial charge in [0, 0.05) is 10.6 Å². The van der Waals surface area contributed by atoms with Crippen LogP contribution in [0.1, 0.15) is 53.0 Å². The number of nitrogens with one attached hydrogen (secondary N) is 1. The second-order valence-corrected chi connectivity index (χ2v) is 8.42. The Morgan fingerprint density at radius 2 is 1.72 bits per heavy atom. The summed E-state index contributed by atoms with van der Waals surface area (Å²) in [7, 11) is 0. The van der Waals surface area contributed by atoms with Gasteiger partial charge in [-0.25, -0.2) is 10.2 Å². The number of carbonyl (C=O) groups excluding carboxylic acids is 2. The van der Waals surface area contributed by atoms with Crippen molar-refractivity contribution in [1.82, 2.24) is 5.43 Å². The summed E-state index contributed by atoms with van der Waals surface area (Å²) >= 11 is 12.0. The first-order valence-corrected chi connectivity index (χ1v) is 12.2. The molecule has 36 heavy (non-hydrogen) atoms. The molecule has 188 valence electrons. The van der Waals surface area contributed by atoms with Crippen LogP contribution >= 0.6 is 23.2 Å². The Balaban J connectivity index is 1.64. The Kier molecular flexibility index (Phi) is 10.2. The molecule has 3 rings (SSSR count). The number of benzene rings is 3. The summed E-state index contributed by atoms with van der Waals surface area (Å²) in [6.45, 7) is 4.89. The molecule has 1 amide bonds. The maximum absolute atomic E-state index is 12.6. The highest BCUT2D eigenvalue weighted by molar-refractivity contribution is 6.36. The monoisotopic (exact) mass is 528 g/mol. The van der Waals surface area contributed by atoms with Crippen molar-refractivity contribution in [2.75, 3.05) is 13.2 Å². The molecule has 0 aliphatic heterocycles. The van der Waals surface area contributed by atoms with Crippen molar-refractivity contribution in [2.45, 2.75) is 26.7 Å². The molecule has 0 aliphatic carbocycles. The maximum atomic E-state index is 12.6. The number of hydrogen-bond acceptors (Lipinski definition) is 6. The number of esters is 1. The largest absolute Gasteiger partial charge is 0.494 e. The average Bonchev–Trinajstić information content (AvgIpc) is 2.86. The summed E-state index contributed by atoms with van der Waals surface area (Å²) < 4.78 is 16.7. The van der Waals surface area contributed by atoms with E-state index in [0.29, 0.717) is 40.9 Å². The average molecular weight is 529 g/mol. The van der Waals surface area contributed by atoms with Crippen molar-refractivity contribution in [3.63, 3.8) is 0 Å². The van der Waals surface area contributed by atoms with E-state index in [4.69, 9.17) is 37.4 Å². The second-order valence-electron chi connectivity index (χ2n) is 7.58. The van der Waals surface area contributed by atoms with E-state index in [-0.39, 0.29) is 22.2 Å². The summed E-state index contributed by atoms with van der Waals surface area (Å²) in [4.78, 5) is 24.9. The van der Waals surface area contributed by atoms with Crippen LogP contribution in [0.5, 0.6) is 17.2 Å². The van der Waals surface area contributed by atoms with Gasteiger partial charge in [0.25, 0.3) is 5.91 Å². The lowest BCUT2D eigenvalue weighted by Gasteiger charge is -2.12. The van der Waals surface area contributed by atoms with E-state index in [1.165, 1.54) is 18.3 Å². The maximum Gasteiger partial charge on any atom is 0.345 e. The minimum Gasteiger partial charge on any atom is -0.494 e. The van der Waals surface area contributed by atoms with Gasteiger partial charge in [-0.15, -0.1) is 0 Å². The molecule has 0 radical (unpaired) electrons. The van der Waals surface area contributed by atoms with E-state index in [9.17, 15) is 9.59 Å². The van der Waals surface area contributed by atoms with Crippen LogP contribution < -0.4 is 19.6 Å². The lowest BCUT2D eigenvalue weighted by Crippen LogP contribution is -2.17. The zero-order valence-corrected chi connectivity index (χ0v) is 21.4. The van der Waals surface area contributed by atoms with Crippen LogP contribution in [-0.2, 0) is 0 Å². The van der Waals surface area contributed by atoms with Gasteiger partial charge in [-0.2, -0.15) is 5.10 Å². The van der Waals surface area contributed by atoms with Crippen LogP contribution in [0.15, 0.2) is 65.8 Å². The molecule has 9 heteroatoms. The topological polar surface area (TPSA) is 86.2 Å². The third-order valence-corrected chi connectivity index (χ3v) is 5.43. The van der Waals surface area contributed by atoms with Gasteiger partial charge < -0.3 is 14.2 Å². The van der Waals surface area contributed by atoms with Gasteiger partial charge in [0.15, 0.2) is 11.5 Å². The van der Waals surface area contributed by atoms with Crippen LogP contribution in [-0.4, -0.2) is 31.3 Å². The quantitative estimate of drug-likeness (QED) is 0.100. The number of nitrogens with zero attached hydrogens (tertiary/aromatic N) is 1. The summed E-state index contributed by atoms with van der Waals surface area (Å²) in [5.41, 5.74) is 3.75. The Hall–Kier alpha value is -3.55. The number of ether oxygens (including phenoxy) is 3. The van der Waals surface area contributed by atoms with E-state index >= 15 is 0 Å². The van der Waals surface area contributed by atoms with Crippen LogP contribution in [0.3, 0.4) is 0 Å². The van der Waals surface area contributed by atoms with E-state index in [2.05, 4.69) is 17.5 Å². The van der Waals surface area contributed by atoms with Crippen LogP contribution in [0, 0.1) is 0 Å². The highest BCUT2D eigenvalue weighted by atomic mass is 35.5. The van der Waals surface area contributed by atoms with Crippen molar-refractivity contribution in [2.24, 2.45) is 5.10 Å². The predicted octanol–water partition coefficient (Wildman–Crippen LogP) is 6.55. The first-order chi connectivity index (χ1) is 17.4. The lowest BCUT2D eigenvalue weighted by molar-refractivity contribution is 0.0728. The van der Waals surface area contributed by atoms with Crippen molar-refractivity contribution >= 4 is 41.3 Å². The fraction of sp³-hybridized carbons (Fsp3) is 0.222. The third-order valence-electron chi connectivity index (χ3n) is 4.88. The zero-order valence-electron chi connectivity index (χ0n) is 19.9. The van der Waals surface area contributed by atoms with E-state index in [1.54, 1.807) is 48.5 Å². The van der Waals surface area contributed by atoms with Gasteiger partial charge in [-0.1, -0.05) is 36.5 Å². The van der Waals surface area contributed by atoms with Crippen molar-refractivity contribution in [3.05, 3.63) is 87.4 Å². The first kappa shape index (κ1) is 27.0. The van der Waals surface area contributed by atoms with Gasteiger partial charge >= 0.3 is 5.97 Å². The highest BCUT2D eigenvalue weighted by Gasteiger charge is 2.16. The van der Waals surface area contributed by atoms with Crippen molar-refractivity contribution < 1.29 is 23.8 Å². The van der Waals surface area contributed by atoms with Crippen LogP contribution in [0.4, 0.5) is 0 Å². The number of unbranched alkanes of at least 4 members (excludes halogenated alkanes) is 1. The molecule has 0 aliphatic rings. The minimum absolute atomic E-state index is 0.178. The second kappa shape index (κ2) is 13.5. The molecule has 0 spiro atoms. The van der Waals surface area contributed by atoms with E-state index < -0.39 is 5.97 Å². The normalized spacial score (nSPS) is 10.8. The SMILES string of the molecule is CCCCOc1ccc(C(=O)N/N=C/c2ccc(OC(=O)c3ccc(Cl)cc3Cl)c(OCC)c2)cc1. The van der Waals surface area contributed by atoms with Crippen LogP contribution in [0.2, 0.25) is 10.0 Å². The molecule has 0 saturated heterocycles. The molecule has 3 aromatic carbocycles.